The molecule has 33 heavy (non-hydrogen) atoms. The van der Waals surface area contributed by atoms with Crippen LogP contribution < -0.4 is 5.73 Å². The average molecular weight is 465 g/mol. The molecule has 0 aromatic heterocycles. The van der Waals surface area contributed by atoms with Crippen LogP contribution in [0.3, 0.4) is 0 Å². The van der Waals surface area contributed by atoms with Crippen molar-refractivity contribution in [3.05, 3.63) is 36.2 Å². The van der Waals surface area contributed by atoms with Crippen LogP contribution in [0, 0.1) is 5.92 Å². The van der Waals surface area contributed by atoms with Gasteiger partial charge in [-0.2, -0.15) is 0 Å². The van der Waals surface area contributed by atoms with E-state index in [1.165, 1.54) is 6.92 Å². The van der Waals surface area contributed by atoms with E-state index >= 15 is 0 Å². The number of esters is 3. The second kappa shape index (κ2) is 12.2. The van der Waals surface area contributed by atoms with E-state index in [-0.39, 0.29) is 18.6 Å². The van der Waals surface area contributed by atoms with Crippen molar-refractivity contribution in [2.45, 2.75) is 71.5 Å². The molecule has 2 rings (SSSR count). The largest absolute Gasteiger partial charge is 0.460 e. The molecule has 0 saturated carbocycles. The summed E-state index contributed by atoms with van der Waals surface area (Å²) in [5.74, 6) is -2.71. The molecule has 10 heteroatoms. The van der Waals surface area contributed by atoms with E-state index in [2.05, 4.69) is 0 Å². The van der Waals surface area contributed by atoms with Gasteiger partial charge in [0.1, 0.15) is 18.8 Å². The molecule has 1 saturated heterocycles. The Kier molecular flexibility index (Phi) is 9.65. The van der Waals surface area contributed by atoms with Gasteiger partial charge in [-0.3, -0.25) is 9.59 Å². The Labute approximate surface area is 193 Å². The number of carbonyl (C=O) groups excluding carboxylic acids is 4. The van der Waals surface area contributed by atoms with Crippen LogP contribution >= 0.6 is 0 Å². The van der Waals surface area contributed by atoms with Crippen LogP contribution in [0.2, 0.25) is 0 Å². The molecule has 1 fully saturated rings. The second-order valence-electron chi connectivity index (χ2n) is 7.89. The third-order valence-electron chi connectivity index (χ3n) is 5.47. The molecule has 2 N–H and O–H groups in total. The van der Waals surface area contributed by atoms with Gasteiger partial charge in [-0.25, -0.2) is 9.59 Å². The zero-order valence-electron chi connectivity index (χ0n) is 19.4. The van der Waals surface area contributed by atoms with Gasteiger partial charge in [0.2, 0.25) is 5.91 Å². The topological polar surface area (TPSA) is 134 Å². The summed E-state index contributed by atoms with van der Waals surface area (Å²) < 4.78 is 21.9. The summed E-state index contributed by atoms with van der Waals surface area (Å²) >= 11 is 0. The van der Waals surface area contributed by atoms with Crippen molar-refractivity contribution in [2.75, 3.05) is 6.61 Å². The predicted octanol–water partition coefficient (Wildman–Crippen LogP) is 1.70. The number of hydrogen-bond donors (Lipinski definition) is 1. The fraction of sp³-hybridized carbons (Fsp3) is 0.565. The quantitative estimate of drug-likeness (QED) is 0.291. The van der Waals surface area contributed by atoms with E-state index in [0.29, 0.717) is 24.8 Å². The molecule has 2 heterocycles. The van der Waals surface area contributed by atoms with Crippen molar-refractivity contribution in [2.24, 2.45) is 11.7 Å². The summed E-state index contributed by atoms with van der Waals surface area (Å²) in [6, 6.07) is 0. The highest BCUT2D eigenvalue weighted by molar-refractivity contribution is 5.92. The third kappa shape index (κ3) is 7.45. The van der Waals surface area contributed by atoms with Gasteiger partial charge in [0.15, 0.2) is 12.3 Å². The minimum atomic E-state index is -0.732. The Morgan fingerprint density at radius 1 is 1.21 bits per heavy atom. The SMILES string of the molecule is CCC(CC)OC(=O)/C=C/C(=O)OC[C@H]1O[C@@H](N2C=CCC(C(N)=O)=C2)[C@H](OC(C)=O)[C@@H]1C. The molecule has 2 aliphatic rings. The molecular weight excluding hydrogens is 432 g/mol. The smallest absolute Gasteiger partial charge is 0.331 e. The summed E-state index contributed by atoms with van der Waals surface area (Å²) in [5.41, 5.74) is 5.77. The van der Waals surface area contributed by atoms with Crippen molar-refractivity contribution in [1.82, 2.24) is 4.90 Å². The Balaban J connectivity index is 2.00. The van der Waals surface area contributed by atoms with Crippen molar-refractivity contribution in [3.63, 3.8) is 0 Å². The lowest BCUT2D eigenvalue weighted by Gasteiger charge is -2.30. The van der Waals surface area contributed by atoms with Crippen molar-refractivity contribution in [1.29, 1.82) is 0 Å². The standard InChI is InChI=1S/C23H32N2O8/c1-5-17(6-2)32-20(28)10-9-19(27)30-13-18-14(3)21(31-15(4)26)23(33-18)25-11-7-8-16(12-25)22(24)29/h7,9-12,14,17-18,21,23H,5-6,8,13H2,1-4H3,(H2,24,29)/b10-9+/t14-,18-,21-,23-/m1/s1. The Hall–Kier alpha value is -3.14. The number of primary amides is 1. The van der Waals surface area contributed by atoms with Crippen molar-refractivity contribution < 1.29 is 38.1 Å². The maximum Gasteiger partial charge on any atom is 0.331 e. The molecule has 0 aromatic carbocycles. The molecule has 0 spiro atoms. The van der Waals surface area contributed by atoms with Gasteiger partial charge in [-0.05, 0) is 19.3 Å². The molecule has 10 nitrogen and oxygen atoms in total. The van der Waals surface area contributed by atoms with Gasteiger partial charge < -0.3 is 29.6 Å². The van der Waals surface area contributed by atoms with E-state index in [0.717, 1.165) is 12.2 Å². The maximum atomic E-state index is 12.1. The van der Waals surface area contributed by atoms with Crippen LogP contribution in [0.1, 0.15) is 47.0 Å². The molecule has 0 aromatic rings. The highest BCUT2D eigenvalue weighted by Crippen LogP contribution is 2.33. The van der Waals surface area contributed by atoms with E-state index in [1.54, 1.807) is 30.3 Å². The van der Waals surface area contributed by atoms with Gasteiger partial charge in [0.25, 0.3) is 0 Å². The van der Waals surface area contributed by atoms with Crippen LogP contribution in [-0.2, 0) is 38.1 Å². The fourth-order valence-electron chi connectivity index (χ4n) is 3.55. The van der Waals surface area contributed by atoms with E-state index in [4.69, 9.17) is 24.7 Å². The lowest BCUT2D eigenvalue weighted by atomic mass is 10.00. The molecule has 182 valence electrons. The zero-order valence-corrected chi connectivity index (χ0v) is 19.4. The van der Waals surface area contributed by atoms with Gasteiger partial charge in [0.05, 0.1) is 0 Å². The lowest BCUT2D eigenvalue weighted by molar-refractivity contribution is -0.155. The number of ether oxygens (including phenoxy) is 4. The zero-order chi connectivity index (χ0) is 24.5. The van der Waals surface area contributed by atoms with E-state index in [9.17, 15) is 19.2 Å². The number of amides is 1. The molecule has 0 unspecified atom stereocenters. The van der Waals surface area contributed by atoms with Gasteiger partial charge in [-0.15, -0.1) is 0 Å². The van der Waals surface area contributed by atoms with Crippen LogP contribution in [0.25, 0.3) is 0 Å². The third-order valence-corrected chi connectivity index (χ3v) is 5.47. The van der Waals surface area contributed by atoms with Crippen LogP contribution in [-0.4, -0.2) is 59.9 Å². The van der Waals surface area contributed by atoms with E-state index < -0.39 is 42.3 Å². The van der Waals surface area contributed by atoms with Crippen LogP contribution in [0.5, 0.6) is 0 Å². The monoisotopic (exact) mass is 464 g/mol. The highest BCUT2D eigenvalue weighted by Gasteiger charge is 2.47. The van der Waals surface area contributed by atoms with Crippen molar-refractivity contribution in [3.8, 4) is 0 Å². The first-order valence-electron chi connectivity index (χ1n) is 11.0. The molecule has 1 amide bonds. The second-order valence-corrected chi connectivity index (χ2v) is 7.89. The number of carbonyl (C=O) groups is 4. The molecular formula is C23H32N2O8. The first-order valence-corrected chi connectivity index (χ1v) is 11.0. The number of rotatable bonds is 10. The number of allylic oxidation sites excluding steroid dienone is 1. The summed E-state index contributed by atoms with van der Waals surface area (Å²) in [6.45, 7) is 6.79. The van der Waals surface area contributed by atoms with Gasteiger partial charge in [0, 0.05) is 43.0 Å². The number of nitrogens with zero attached hydrogens (tertiary/aromatic N) is 1. The predicted molar refractivity (Wildman–Crippen MR) is 117 cm³/mol. The fourth-order valence-corrected chi connectivity index (χ4v) is 3.55. The Morgan fingerprint density at radius 3 is 2.48 bits per heavy atom. The van der Waals surface area contributed by atoms with E-state index in [1.807, 2.05) is 13.8 Å². The summed E-state index contributed by atoms with van der Waals surface area (Å²) in [4.78, 5) is 48.7. The number of hydrogen-bond acceptors (Lipinski definition) is 9. The van der Waals surface area contributed by atoms with Crippen LogP contribution in [0.4, 0.5) is 0 Å². The summed E-state index contributed by atoms with van der Waals surface area (Å²) in [7, 11) is 0. The Morgan fingerprint density at radius 2 is 1.88 bits per heavy atom. The maximum absolute atomic E-state index is 12.1. The highest BCUT2D eigenvalue weighted by atomic mass is 16.6. The normalized spacial score (nSPS) is 24.6. The molecule has 4 atom stereocenters. The first kappa shape index (κ1) is 26.1. The molecule has 0 radical (unpaired) electrons. The van der Waals surface area contributed by atoms with Gasteiger partial charge in [-0.1, -0.05) is 26.8 Å². The molecule has 0 bridgehead atoms. The minimum Gasteiger partial charge on any atom is -0.460 e. The first-order chi connectivity index (χ1) is 15.7. The average Bonchev–Trinajstić information content (AvgIpc) is 3.09. The number of nitrogens with two attached hydrogens (primary N) is 1. The molecule has 0 aliphatic carbocycles. The summed E-state index contributed by atoms with van der Waals surface area (Å²) in [5, 5.41) is 0. The lowest BCUT2D eigenvalue weighted by Crippen LogP contribution is -2.40. The minimum absolute atomic E-state index is 0.121. The summed E-state index contributed by atoms with van der Waals surface area (Å²) in [6.07, 6.45) is 6.60. The molecule has 2 aliphatic heterocycles. The van der Waals surface area contributed by atoms with Gasteiger partial charge >= 0.3 is 17.9 Å². The van der Waals surface area contributed by atoms with Crippen LogP contribution in [0.15, 0.2) is 36.2 Å². The Bertz CT molecular complexity index is 830. The van der Waals surface area contributed by atoms with Crippen molar-refractivity contribution >= 4 is 23.8 Å².